The van der Waals surface area contributed by atoms with Crippen LogP contribution in [0.15, 0.2) is 35.3 Å². The van der Waals surface area contributed by atoms with Gasteiger partial charge in [0.15, 0.2) is 0 Å². The summed E-state index contributed by atoms with van der Waals surface area (Å²) in [6, 6.07) is 8.36. The van der Waals surface area contributed by atoms with Crippen LogP contribution in [0.25, 0.3) is 0 Å². The summed E-state index contributed by atoms with van der Waals surface area (Å²) in [7, 11) is 1.61. The first-order chi connectivity index (χ1) is 14.0. The fourth-order valence-electron chi connectivity index (χ4n) is 4.50. The molecular formula is C22H29N5O2. The second-order valence-electron chi connectivity index (χ2n) is 8.11. The average Bonchev–Trinajstić information content (AvgIpc) is 3.25. The van der Waals surface area contributed by atoms with Crippen molar-refractivity contribution in [1.82, 2.24) is 20.2 Å². The number of carbonyl (C=O) groups excluding carboxylic acids is 1. The average molecular weight is 396 g/mol. The van der Waals surface area contributed by atoms with Gasteiger partial charge in [0.2, 0.25) is 0 Å². The van der Waals surface area contributed by atoms with E-state index in [1.807, 2.05) is 19.1 Å². The van der Waals surface area contributed by atoms with Crippen LogP contribution >= 0.6 is 0 Å². The SMILES string of the molecule is CNC(=O)c1ccc(N2CCC(N3CCC(c4ccc(C)c(=O)[nH]4)C3)CC2)cn1. The van der Waals surface area contributed by atoms with Gasteiger partial charge in [0.25, 0.3) is 11.5 Å². The molecule has 154 valence electrons. The van der Waals surface area contributed by atoms with Crippen molar-refractivity contribution >= 4 is 11.6 Å². The molecule has 2 fully saturated rings. The minimum atomic E-state index is -0.159. The molecule has 1 amide bonds. The molecule has 4 rings (SSSR count). The van der Waals surface area contributed by atoms with E-state index < -0.39 is 0 Å². The number of aromatic amines is 1. The van der Waals surface area contributed by atoms with Crippen LogP contribution in [-0.4, -0.2) is 60.0 Å². The lowest BCUT2D eigenvalue weighted by Gasteiger charge is -2.37. The number of aromatic nitrogens is 2. The maximum atomic E-state index is 11.9. The van der Waals surface area contributed by atoms with Gasteiger partial charge in [0, 0.05) is 49.9 Å². The van der Waals surface area contributed by atoms with Crippen molar-refractivity contribution < 1.29 is 4.79 Å². The Hall–Kier alpha value is -2.67. The molecule has 4 heterocycles. The van der Waals surface area contributed by atoms with Crippen molar-refractivity contribution in [2.24, 2.45) is 0 Å². The number of pyridine rings is 2. The van der Waals surface area contributed by atoms with Crippen molar-refractivity contribution in [3.63, 3.8) is 0 Å². The Kier molecular flexibility index (Phi) is 5.67. The van der Waals surface area contributed by atoms with Gasteiger partial charge >= 0.3 is 0 Å². The predicted molar refractivity (Wildman–Crippen MR) is 114 cm³/mol. The van der Waals surface area contributed by atoms with E-state index in [0.29, 0.717) is 17.7 Å². The summed E-state index contributed by atoms with van der Waals surface area (Å²) in [5.41, 5.74) is 3.40. The monoisotopic (exact) mass is 395 g/mol. The molecule has 2 aromatic rings. The highest BCUT2D eigenvalue weighted by atomic mass is 16.1. The van der Waals surface area contributed by atoms with E-state index in [4.69, 9.17) is 0 Å². The van der Waals surface area contributed by atoms with Gasteiger partial charge in [-0.25, -0.2) is 4.98 Å². The van der Waals surface area contributed by atoms with E-state index in [1.54, 1.807) is 19.3 Å². The molecule has 2 saturated heterocycles. The van der Waals surface area contributed by atoms with Gasteiger partial charge in [-0.05, 0) is 50.9 Å². The third-order valence-electron chi connectivity index (χ3n) is 6.34. The highest BCUT2D eigenvalue weighted by molar-refractivity contribution is 5.92. The summed E-state index contributed by atoms with van der Waals surface area (Å²) in [6.45, 7) is 5.95. The Morgan fingerprint density at radius 3 is 2.59 bits per heavy atom. The molecule has 0 radical (unpaired) electrons. The Bertz CT molecular complexity index is 916. The molecule has 0 spiro atoms. The molecule has 2 aromatic heterocycles. The molecular weight excluding hydrogens is 366 g/mol. The van der Waals surface area contributed by atoms with Gasteiger partial charge in [-0.3, -0.25) is 14.5 Å². The Morgan fingerprint density at radius 2 is 1.93 bits per heavy atom. The van der Waals surface area contributed by atoms with Gasteiger partial charge in [-0.1, -0.05) is 6.07 Å². The molecule has 2 aliphatic rings. The third kappa shape index (κ3) is 4.19. The Morgan fingerprint density at radius 1 is 1.14 bits per heavy atom. The fourth-order valence-corrected chi connectivity index (χ4v) is 4.50. The number of hydrogen-bond acceptors (Lipinski definition) is 5. The van der Waals surface area contributed by atoms with Crippen LogP contribution in [0.2, 0.25) is 0 Å². The molecule has 1 atom stereocenters. The number of rotatable bonds is 4. The normalized spacial score (nSPS) is 20.8. The summed E-state index contributed by atoms with van der Waals surface area (Å²) in [6.07, 6.45) is 5.14. The molecule has 0 aliphatic carbocycles. The van der Waals surface area contributed by atoms with Crippen LogP contribution in [0, 0.1) is 6.92 Å². The van der Waals surface area contributed by atoms with Crippen LogP contribution in [-0.2, 0) is 0 Å². The van der Waals surface area contributed by atoms with E-state index in [-0.39, 0.29) is 11.5 Å². The minimum absolute atomic E-state index is 0.0327. The van der Waals surface area contributed by atoms with Gasteiger partial charge in [-0.15, -0.1) is 0 Å². The number of piperidine rings is 1. The first kappa shape index (κ1) is 19.6. The van der Waals surface area contributed by atoms with Crippen molar-refractivity contribution in [3.8, 4) is 0 Å². The lowest BCUT2D eigenvalue weighted by molar-refractivity contribution is 0.0958. The summed E-state index contributed by atoms with van der Waals surface area (Å²) in [5, 5.41) is 2.60. The molecule has 29 heavy (non-hydrogen) atoms. The minimum Gasteiger partial charge on any atom is -0.370 e. The van der Waals surface area contributed by atoms with E-state index in [2.05, 4.69) is 31.2 Å². The fraction of sp³-hybridized carbons (Fsp3) is 0.500. The topological polar surface area (TPSA) is 81.3 Å². The number of aryl methyl sites for hydroxylation is 1. The lowest BCUT2D eigenvalue weighted by atomic mass is 10.0. The van der Waals surface area contributed by atoms with Crippen LogP contribution in [0.4, 0.5) is 5.69 Å². The quantitative estimate of drug-likeness (QED) is 0.826. The van der Waals surface area contributed by atoms with Gasteiger partial charge in [-0.2, -0.15) is 0 Å². The van der Waals surface area contributed by atoms with Crippen LogP contribution in [0.1, 0.15) is 46.9 Å². The first-order valence-corrected chi connectivity index (χ1v) is 10.4. The maximum Gasteiger partial charge on any atom is 0.269 e. The zero-order chi connectivity index (χ0) is 20.4. The number of likely N-dealkylation sites (tertiary alicyclic amines) is 1. The largest absolute Gasteiger partial charge is 0.370 e. The molecule has 2 aliphatic heterocycles. The number of hydrogen-bond donors (Lipinski definition) is 2. The highest BCUT2D eigenvalue weighted by Gasteiger charge is 2.31. The number of carbonyl (C=O) groups is 1. The standard InChI is InChI=1S/C22H29N5O2/c1-15-3-5-19(25-21(15)28)16-7-10-27(14-16)17-8-11-26(12-9-17)18-4-6-20(24-13-18)22(29)23-2/h3-6,13,16-17H,7-12,14H2,1-2H3,(H,23,29)(H,25,28). The second-order valence-corrected chi connectivity index (χ2v) is 8.11. The zero-order valence-corrected chi connectivity index (χ0v) is 17.1. The zero-order valence-electron chi connectivity index (χ0n) is 17.1. The van der Waals surface area contributed by atoms with Gasteiger partial charge in [0.1, 0.15) is 5.69 Å². The molecule has 7 heteroatoms. The number of H-pyrrole nitrogens is 1. The Balaban J connectivity index is 1.32. The summed E-state index contributed by atoms with van der Waals surface area (Å²) < 4.78 is 0. The number of nitrogens with zero attached hydrogens (tertiary/aromatic N) is 3. The van der Waals surface area contributed by atoms with E-state index in [1.165, 1.54) is 0 Å². The second kappa shape index (κ2) is 8.37. The van der Waals surface area contributed by atoms with Gasteiger partial charge < -0.3 is 15.2 Å². The summed E-state index contributed by atoms with van der Waals surface area (Å²) in [5.74, 6) is 0.261. The van der Waals surface area contributed by atoms with Crippen molar-refractivity contribution in [2.75, 3.05) is 38.1 Å². The van der Waals surface area contributed by atoms with Gasteiger partial charge in [0.05, 0.1) is 11.9 Å². The van der Waals surface area contributed by atoms with Crippen molar-refractivity contribution in [2.45, 2.75) is 38.1 Å². The molecule has 0 bridgehead atoms. The summed E-state index contributed by atoms with van der Waals surface area (Å²) in [4.78, 5) is 35.9. The van der Waals surface area contributed by atoms with Crippen molar-refractivity contribution in [3.05, 3.63) is 57.8 Å². The van der Waals surface area contributed by atoms with E-state index >= 15 is 0 Å². The van der Waals surface area contributed by atoms with E-state index in [9.17, 15) is 9.59 Å². The molecule has 2 N–H and O–H groups in total. The highest BCUT2D eigenvalue weighted by Crippen LogP contribution is 2.30. The predicted octanol–water partition coefficient (Wildman–Crippen LogP) is 1.90. The molecule has 7 nitrogen and oxygen atoms in total. The third-order valence-corrected chi connectivity index (χ3v) is 6.34. The van der Waals surface area contributed by atoms with Crippen molar-refractivity contribution in [1.29, 1.82) is 0 Å². The van der Waals surface area contributed by atoms with E-state index in [0.717, 1.165) is 62.4 Å². The smallest absolute Gasteiger partial charge is 0.269 e. The van der Waals surface area contributed by atoms with Crippen LogP contribution in [0.5, 0.6) is 0 Å². The number of nitrogens with one attached hydrogen (secondary N) is 2. The molecule has 0 saturated carbocycles. The molecule has 0 aromatic carbocycles. The lowest BCUT2D eigenvalue weighted by Crippen LogP contribution is -2.44. The maximum absolute atomic E-state index is 11.9. The Labute approximate surface area is 171 Å². The summed E-state index contributed by atoms with van der Waals surface area (Å²) >= 11 is 0. The number of amides is 1. The van der Waals surface area contributed by atoms with Crippen LogP contribution in [0.3, 0.4) is 0 Å². The van der Waals surface area contributed by atoms with Crippen LogP contribution < -0.4 is 15.8 Å². The first-order valence-electron chi connectivity index (χ1n) is 10.4. The molecule has 1 unspecified atom stereocenters. The number of anilines is 1.